The molecule has 1 aromatic rings. The second-order valence-corrected chi connectivity index (χ2v) is 3.90. The fraction of sp³-hybridized carbons (Fsp3) is 0.364. The summed E-state index contributed by atoms with van der Waals surface area (Å²) < 4.78 is 5.45. The van der Waals surface area contributed by atoms with Crippen molar-refractivity contribution in [1.29, 1.82) is 0 Å². The molecule has 0 aliphatic carbocycles. The van der Waals surface area contributed by atoms with E-state index >= 15 is 0 Å². The highest BCUT2D eigenvalue weighted by molar-refractivity contribution is 9.09. The quantitative estimate of drug-likeness (QED) is 0.639. The number of alkyl halides is 1. The van der Waals surface area contributed by atoms with Crippen LogP contribution >= 0.6 is 15.9 Å². The summed E-state index contributed by atoms with van der Waals surface area (Å²) in [6.45, 7) is 0.641. The van der Waals surface area contributed by atoms with Gasteiger partial charge < -0.3 is 9.84 Å². The van der Waals surface area contributed by atoms with Crippen molar-refractivity contribution >= 4 is 21.9 Å². The van der Waals surface area contributed by atoms with Crippen LogP contribution in [0.1, 0.15) is 12.0 Å². The van der Waals surface area contributed by atoms with Gasteiger partial charge in [-0.05, 0) is 24.1 Å². The first kappa shape index (κ1) is 12.0. The number of carbonyl (C=O) groups is 1. The first-order chi connectivity index (χ1) is 7.22. The fourth-order valence-corrected chi connectivity index (χ4v) is 1.39. The van der Waals surface area contributed by atoms with Gasteiger partial charge in [-0.1, -0.05) is 28.1 Å². The molecule has 0 unspecified atom stereocenters. The van der Waals surface area contributed by atoms with Crippen molar-refractivity contribution in [2.75, 3.05) is 11.9 Å². The second kappa shape index (κ2) is 6.45. The molecule has 82 valence electrons. The lowest BCUT2D eigenvalue weighted by molar-refractivity contribution is -0.136. The molecule has 1 aromatic carbocycles. The van der Waals surface area contributed by atoms with Crippen LogP contribution in [0.4, 0.5) is 0 Å². The fourth-order valence-electron chi connectivity index (χ4n) is 1.16. The van der Waals surface area contributed by atoms with Gasteiger partial charge in [-0.15, -0.1) is 0 Å². The Labute approximate surface area is 97.2 Å². The minimum atomic E-state index is -0.826. The maximum atomic E-state index is 10.5. The molecule has 0 bridgehead atoms. The lowest BCUT2D eigenvalue weighted by atomic mass is 10.1. The van der Waals surface area contributed by atoms with Crippen molar-refractivity contribution in [3.8, 4) is 5.75 Å². The summed E-state index contributed by atoms with van der Waals surface area (Å²) in [7, 11) is 0. The van der Waals surface area contributed by atoms with Gasteiger partial charge in [0.05, 0.1) is 13.0 Å². The van der Waals surface area contributed by atoms with Gasteiger partial charge in [0.2, 0.25) is 0 Å². The van der Waals surface area contributed by atoms with E-state index in [9.17, 15) is 4.79 Å². The van der Waals surface area contributed by atoms with E-state index in [1.807, 2.05) is 12.1 Å². The number of rotatable bonds is 6. The summed E-state index contributed by atoms with van der Waals surface area (Å²) in [5, 5.41) is 9.53. The number of halogens is 1. The monoisotopic (exact) mass is 272 g/mol. The molecule has 0 radical (unpaired) electrons. The summed E-state index contributed by atoms with van der Waals surface area (Å²) in [6, 6.07) is 7.19. The van der Waals surface area contributed by atoms with Crippen LogP contribution in [0, 0.1) is 0 Å². The molecule has 0 heterocycles. The van der Waals surface area contributed by atoms with E-state index in [0.29, 0.717) is 6.61 Å². The summed E-state index contributed by atoms with van der Waals surface area (Å²) in [4.78, 5) is 10.5. The van der Waals surface area contributed by atoms with Gasteiger partial charge in [-0.25, -0.2) is 0 Å². The highest BCUT2D eigenvalue weighted by atomic mass is 79.9. The minimum absolute atomic E-state index is 0.0373. The van der Waals surface area contributed by atoms with Gasteiger partial charge in [-0.3, -0.25) is 4.79 Å². The summed E-state index contributed by atoms with van der Waals surface area (Å²) in [5.74, 6) is -0.0951. The van der Waals surface area contributed by atoms with E-state index in [1.165, 1.54) is 0 Å². The highest BCUT2D eigenvalue weighted by Gasteiger charge is 2.01. The van der Waals surface area contributed by atoms with E-state index in [4.69, 9.17) is 9.84 Å². The molecule has 0 saturated heterocycles. The summed E-state index contributed by atoms with van der Waals surface area (Å²) in [6.07, 6.45) is 0.971. The first-order valence-electron chi connectivity index (χ1n) is 4.72. The molecule has 0 saturated carbocycles. The smallest absolute Gasteiger partial charge is 0.307 e. The predicted octanol–water partition coefficient (Wildman–Crippen LogP) is 2.48. The van der Waals surface area contributed by atoms with Crippen LogP contribution in [0.3, 0.4) is 0 Å². The van der Waals surface area contributed by atoms with Crippen molar-refractivity contribution in [2.24, 2.45) is 0 Å². The molecule has 1 rings (SSSR count). The number of ether oxygens (including phenoxy) is 1. The SMILES string of the molecule is O=C(O)Cc1cccc(OCCCBr)c1. The molecule has 0 spiro atoms. The van der Waals surface area contributed by atoms with Crippen LogP contribution < -0.4 is 4.74 Å². The molecule has 1 N–H and O–H groups in total. The van der Waals surface area contributed by atoms with Crippen molar-refractivity contribution in [2.45, 2.75) is 12.8 Å². The van der Waals surface area contributed by atoms with Crippen LogP contribution in [0.5, 0.6) is 5.75 Å². The molecule has 0 aliphatic heterocycles. The van der Waals surface area contributed by atoms with Gasteiger partial charge in [-0.2, -0.15) is 0 Å². The average Bonchev–Trinajstić information content (AvgIpc) is 2.18. The van der Waals surface area contributed by atoms with Crippen molar-refractivity contribution < 1.29 is 14.6 Å². The molecular weight excluding hydrogens is 260 g/mol. The molecule has 0 aliphatic rings. The van der Waals surface area contributed by atoms with Crippen molar-refractivity contribution in [3.63, 3.8) is 0 Å². The molecule has 0 aromatic heterocycles. The Bertz CT molecular complexity index is 325. The number of carboxylic acids is 1. The largest absolute Gasteiger partial charge is 0.494 e. The van der Waals surface area contributed by atoms with E-state index in [2.05, 4.69) is 15.9 Å². The Hall–Kier alpha value is -1.03. The minimum Gasteiger partial charge on any atom is -0.494 e. The molecule has 3 nitrogen and oxygen atoms in total. The number of hydrogen-bond acceptors (Lipinski definition) is 2. The van der Waals surface area contributed by atoms with E-state index in [-0.39, 0.29) is 6.42 Å². The Morgan fingerprint density at radius 2 is 2.27 bits per heavy atom. The number of aliphatic carboxylic acids is 1. The third-order valence-electron chi connectivity index (χ3n) is 1.80. The number of carboxylic acid groups (broad SMARTS) is 1. The molecule has 0 atom stereocenters. The normalized spacial score (nSPS) is 9.93. The lowest BCUT2D eigenvalue weighted by Gasteiger charge is -2.06. The summed E-state index contributed by atoms with van der Waals surface area (Å²) in [5.41, 5.74) is 0.763. The van der Waals surface area contributed by atoms with Crippen LogP contribution in [0.25, 0.3) is 0 Å². The zero-order valence-electron chi connectivity index (χ0n) is 8.28. The number of benzene rings is 1. The molecule has 0 amide bonds. The first-order valence-corrected chi connectivity index (χ1v) is 5.84. The van der Waals surface area contributed by atoms with Crippen LogP contribution in [-0.2, 0) is 11.2 Å². The van der Waals surface area contributed by atoms with Gasteiger partial charge in [0, 0.05) is 5.33 Å². The van der Waals surface area contributed by atoms with Gasteiger partial charge in [0.15, 0.2) is 0 Å². The maximum absolute atomic E-state index is 10.5. The zero-order valence-corrected chi connectivity index (χ0v) is 9.87. The lowest BCUT2D eigenvalue weighted by Crippen LogP contribution is -2.01. The number of hydrogen-bond donors (Lipinski definition) is 1. The van der Waals surface area contributed by atoms with E-state index in [0.717, 1.165) is 23.1 Å². The third kappa shape index (κ3) is 4.83. The highest BCUT2D eigenvalue weighted by Crippen LogP contribution is 2.14. The van der Waals surface area contributed by atoms with Gasteiger partial charge >= 0.3 is 5.97 Å². The second-order valence-electron chi connectivity index (χ2n) is 3.11. The van der Waals surface area contributed by atoms with Gasteiger partial charge in [0.1, 0.15) is 5.75 Å². The summed E-state index contributed by atoms with van der Waals surface area (Å²) >= 11 is 3.31. The topological polar surface area (TPSA) is 46.5 Å². The van der Waals surface area contributed by atoms with Gasteiger partial charge in [0.25, 0.3) is 0 Å². The molecule has 0 fully saturated rings. The third-order valence-corrected chi connectivity index (χ3v) is 2.36. The predicted molar refractivity (Wildman–Crippen MR) is 61.7 cm³/mol. The average molecular weight is 273 g/mol. The molecule has 4 heteroatoms. The van der Waals surface area contributed by atoms with Crippen molar-refractivity contribution in [3.05, 3.63) is 29.8 Å². The Morgan fingerprint density at radius 3 is 2.93 bits per heavy atom. The zero-order chi connectivity index (χ0) is 11.1. The Balaban J connectivity index is 2.53. The maximum Gasteiger partial charge on any atom is 0.307 e. The molecule has 15 heavy (non-hydrogen) atoms. The van der Waals surface area contributed by atoms with Crippen molar-refractivity contribution in [1.82, 2.24) is 0 Å². The standard InChI is InChI=1S/C11H13BrO3/c12-5-2-6-15-10-4-1-3-9(7-10)8-11(13)14/h1,3-4,7H,2,5-6,8H2,(H,13,14). The van der Waals surface area contributed by atoms with E-state index in [1.54, 1.807) is 12.1 Å². The van der Waals surface area contributed by atoms with Crippen LogP contribution in [-0.4, -0.2) is 23.0 Å². The van der Waals surface area contributed by atoms with Crippen LogP contribution in [0.15, 0.2) is 24.3 Å². The molecular formula is C11H13BrO3. The Morgan fingerprint density at radius 1 is 1.47 bits per heavy atom. The Kier molecular flexibility index (Phi) is 5.18. The van der Waals surface area contributed by atoms with E-state index < -0.39 is 5.97 Å². The van der Waals surface area contributed by atoms with Crippen LogP contribution in [0.2, 0.25) is 0 Å².